The zero-order valence-electron chi connectivity index (χ0n) is 13.3. The van der Waals surface area contributed by atoms with E-state index in [1.165, 1.54) is 4.90 Å². The molecule has 7 nitrogen and oxygen atoms in total. The largest absolute Gasteiger partial charge is 0.494 e. The molecule has 2 N–H and O–H groups in total. The monoisotopic (exact) mass is 333 g/mol. The third-order valence-corrected chi connectivity index (χ3v) is 5.08. The molecule has 1 aromatic rings. The van der Waals surface area contributed by atoms with Crippen LogP contribution in [-0.4, -0.2) is 52.7 Å². The van der Waals surface area contributed by atoms with Crippen molar-refractivity contribution in [3.63, 3.8) is 0 Å². The first-order chi connectivity index (χ1) is 11.3. The number of fused-ring (bicyclic) bond motifs is 1. The minimum Gasteiger partial charge on any atom is -0.494 e. The smallest absolute Gasteiger partial charge is 0.312 e. The van der Waals surface area contributed by atoms with Crippen LogP contribution in [0.1, 0.15) is 18.9 Å². The summed E-state index contributed by atoms with van der Waals surface area (Å²) >= 11 is 0. The Balaban J connectivity index is 1.69. The molecule has 0 spiro atoms. The number of carbonyl (C=O) groups is 3. The van der Waals surface area contributed by atoms with Gasteiger partial charge in [-0.3, -0.25) is 14.4 Å². The molecule has 2 atom stereocenters. The molecule has 1 saturated heterocycles. The molecule has 1 amide bonds. The van der Waals surface area contributed by atoms with E-state index in [1.807, 2.05) is 6.92 Å². The van der Waals surface area contributed by atoms with Crippen molar-refractivity contribution in [2.45, 2.75) is 19.8 Å². The first-order valence-electron chi connectivity index (χ1n) is 7.81. The summed E-state index contributed by atoms with van der Waals surface area (Å²) in [4.78, 5) is 36.8. The molecular formula is C17H19NO6. The number of rotatable bonds is 6. The lowest BCUT2D eigenvalue weighted by Gasteiger charge is -2.20. The van der Waals surface area contributed by atoms with Gasteiger partial charge in [-0.15, -0.1) is 0 Å². The van der Waals surface area contributed by atoms with Crippen molar-refractivity contribution in [1.82, 2.24) is 4.90 Å². The first kappa shape index (κ1) is 16.3. The highest BCUT2D eigenvalue weighted by Gasteiger charge is 2.81. The van der Waals surface area contributed by atoms with Crippen molar-refractivity contribution in [2.24, 2.45) is 10.8 Å². The van der Waals surface area contributed by atoms with E-state index in [-0.39, 0.29) is 31.8 Å². The van der Waals surface area contributed by atoms with Gasteiger partial charge in [0.1, 0.15) is 16.6 Å². The number of likely N-dealkylation sites (tertiary alicyclic amines) is 1. The number of hydrogen-bond acceptors (Lipinski definition) is 4. The molecular weight excluding hydrogens is 314 g/mol. The van der Waals surface area contributed by atoms with Gasteiger partial charge in [0.05, 0.1) is 13.0 Å². The number of aliphatic carboxylic acids is 2. The molecule has 24 heavy (non-hydrogen) atoms. The van der Waals surface area contributed by atoms with Gasteiger partial charge in [0, 0.05) is 13.1 Å². The highest BCUT2D eigenvalue weighted by Crippen LogP contribution is 2.68. The SMILES string of the molecule is CCOc1ccc(CC(=O)N2C[C@@]3(C(=O)O)C[C@@]3(C(=O)O)C2)cc1. The summed E-state index contributed by atoms with van der Waals surface area (Å²) in [6, 6.07) is 7.09. The molecule has 2 aliphatic rings. The molecule has 0 aromatic heterocycles. The van der Waals surface area contributed by atoms with Crippen molar-refractivity contribution in [3.05, 3.63) is 29.8 Å². The minimum atomic E-state index is -1.33. The van der Waals surface area contributed by atoms with Crippen LogP contribution in [-0.2, 0) is 20.8 Å². The van der Waals surface area contributed by atoms with Gasteiger partial charge >= 0.3 is 11.9 Å². The zero-order valence-corrected chi connectivity index (χ0v) is 13.3. The predicted octanol–water partition coefficient (Wildman–Crippen LogP) is 1.02. The van der Waals surface area contributed by atoms with Gasteiger partial charge in [-0.2, -0.15) is 0 Å². The van der Waals surface area contributed by atoms with Crippen LogP contribution >= 0.6 is 0 Å². The fraction of sp³-hybridized carbons (Fsp3) is 0.471. The topological polar surface area (TPSA) is 104 Å². The summed E-state index contributed by atoms with van der Waals surface area (Å²) in [5.41, 5.74) is -1.88. The van der Waals surface area contributed by atoms with Crippen LogP contribution in [0.25, 0.3) is 0 Å². The summed E-state index contributed by atoms with van der Waals surface area (Å²) in [5.74, 6) is -1.82. The molecule has 1 aliphatic carbocycles. The number of piperidine rings is 1. The summed E-state index contributed by atoms with van der Waals surface area (Å²) in [5, 5.41) is 18.8. The second-order valence-electron chi connectivity index (χ2n) is 6.45. The van der Waals surface area contributed by atoms with Crippen LogP contribution < -0.4 is 4.74 Å². The molecule has 0 radical (unpaired) electrons. The Kier molecular flexibility index (Phi) is 3.74. The molecule has 1 heterocycles. The van der Waals surface area contributed by atoms with Crippen LogP contribution in [0.2, 0.25) is 0 Å². The van der Waals surface area contributed by atoms with E-state index in [0.29, 0.717) is 12.4 Å². The molecule has 1 aromatic carbocycles. The van der Waals surface area contributed by atoms with Gasteiger partial charge in [0.25, 0.3) is 0 Å². The molecule has 3 rings (SSSR count). The van der Waals surface area contributed by atoms with Crippen LogP contribution in [0.3, 0.4) is 0 Å². The fourth-order valence-corrected chi connectivity index (χ4v) is 3.62. The van der Waals surface area contributed by atoms with Crippen LogP contribution in [0.15, 0.2) is 24.3 Å². The quantitative estimate of drug-likeness (QED) is 0.805. The normalized spacial score (nSPS) is 27.5. The van der Waals surface area contributed by atoms with E-state index < -0.39 is 22.8 Å². The molecule has 0 unspecified atom stereocenters. The van der Waals surface area contributed by atoms with Gasteiger partial charge in [0.2, 0.25) is 5.91 Å². The maximum absolute atomic E-state index is 12.4. The van der Waals surface area contributed by atoms with Crippen molar-refractivity contribution >= 4 is 17.8 Å². The standard InChI is InChI=1S/C17H19NO6/c1-2-24-12-5-3-11(4-6-12)7-13(19)18-9-16(14(20)21)8-17(16,10-18)15(22)23/h3-6H,2,7-10H2,1H3,(H,20,21)(H,22,23)/t16-,17+. The second kappa shape index (κ2) is 5.51. The number of ether oxygens (including phenoxy) is 1. The summed E-state index contributed by atoms with van der Waals surface area (Å²) in [6.45, 7) is 2.36. The van der Waals surface area contributed by atoms with E-state index in [4.69, 9.17) is 4.74 Å². The number of carboxylic acids is 2. The van der Waals surface area contributed by atoms with Gasteiger partial charge in [-0.05, 0) is 31.0 Å². The molecule has 7 heteroatoms. The molecule has 128 valence electrons. The highest BCUT2D eigenvalue weighted by atomic mass is 16.5. The predicted molar refractivity (Wildman–Crippen MR) is 82.6 cm³/mol. The molecule has 0 bridgehead atoms. The van der Waals surface area contributed by atoms with Crippen LogP contribution in [0.4, 0.5) is 0 Å². The molecule has 2 fully saturated rings. The lowest BCUT2D eigenvalue weighted by molar-refractivity contribution is -0.151. The lowest BCUT2D eigenvalue weighted by Crippen LogP contribution is -2.35. The third kappa shape index (κ3) is 2.31. The lowest BCUT2D eigenvalue weighted by atomic mass is 9.97. The Morgan fingerprint density at radius 2 is 1.62 bits per heavy atom. The second-order valence-corrected chi connectivity index (χ2v) is 6.45. The maximum atomic E-state index is 12.4. The van der Waals surface area contributed by atoms with E-state index in [2.05, 4.69) is 0 Å². The fourth-order valence-electron chi connectivity index (χ4n) is 3.62. The Morgan fingerprint density at radius 3 is 2.08 bits per heavy atom. The number of nitrogens with zero attached hydrogens (tertiary/aromatic N) is 1. The zero-order chi connectivity index (χ0) is 17.5. The molecule has 1 aliphatic heterocycles. The molecule has 1 saturated carbocycles. The average molecular weight is 333 g/mol. The number of hydrogen-bond donors (Lipinski definition) is 2. The Labute approximate surface area is 138 Å². The van der Waals surface area contributed by atoms with E-state index >= 15 is 0 Å². The van der Waals surface area contributed by atoms with Crippen LogP contribution in [0.5, 0.6) is 5.75 Å². The summed E-state index contributed by atoms with van der Waals surface area (Å²) in [7, 11) is 0. The minimum absolute atomic E-state index is 0.0372. The number of benzene rings is 1. The van der Waals surface area contributed by atoms with Crippen molar-refractivity contribution in [2.75, 3.05) is 19.7 Å². The Morgan fingerprint density at radius 1 is 1.08 bits per heavy atom. The summed E-state index contributed by atoms with van der Waals surface area (Å²) < 4.78 is 5.34. The van der Waals surface area contributed by atoms with Gasteiger partial charge in [0.15, 0.2) is 0 Å². The average Bonchev–Trinajstić information content (AvgIpc) is 3.08. The Hall–Kier alpha value is -2.57. The van der Waals surface area contributed by atoms with Gasteiger partial charge in [-0.1, -0.05) is 12.1 Å². The van der Waals surface area contributed by atoms with E-state index in [9.17, 15) is 24.6 Å². The number of carboxylic acid groups (broad SMARTS) is 2. The van der Waals surface area contributed by atoms with Crippen LogP contribution in [0, 0.1) is 10.8 Å². The number of amides is 1. The first-order valence-corrected chi connectivity index (χ1v) is 7.81. The van der Waals surface area contributed by atoms with Gasteiger partial charge in [-0.25, -0.2) is 0 Å². The number of carbonyl (C=O) groups excluding carboxylic acids is 1. The summed E-state index contributed by atoms with van der Waals surface area (Å²) in [6.07, 6.45) is 0.204. The Bertz CT molecular complexity index is 672. The van der Waals surface area contributed by atoms with Crippen molar-refractivity contribution < 1.29 is 29.3 Å². The van der Waals surface area contributed by atoms with Crippen molar-refractivity contribution in [1.29, 1.82) is 0 Å². The van der Waals surface area contributed by atoms with Crippen molar-refractivity contribution in [3.8, 4) is 5.75 Å². The highest BCUT2D eigenvalue weighted by molar-refractivity contribution is 5.96. The van der Waals surface area contributed by atoms with E-state index in [0.717, 1.165) is 5.56 Å². The third-order valence-electron chi connectivity index (χ3n) is 5.08. The maximum Gasteiger partial charge on any atom is 0.312 e. The van der Waals surface area contributed by atoms with E-state index in [1.54, 1.807) is 24.3 Å². The van der Waals surface area contributed by atoms with Gasteiger partial charge < -0.3 is 19.8 Å².